The predicted molar refractivity (Wildman–Crippen MR) is 99.3 cm³/mol. The van der Waals surface area contributed by atoms with Crippen molar-refractivity contribution < 1.29 is 0 Å². The van der Waals surface area contributed by atoms with Crippen molar-refractivity contribution in [3.63, 3.8) is 0 Å². The number of hydrogen-bond donors (Lipinski definition) is 0. The summed E-state index contributed by atoms with van der Waals surface area (Å²) in [4.78, 5) is 11.6. The van der Waals surface area contributed by atoms with Crippen molar-refractivity contribution in [2.24, 2.45) is 7.05 Å². The van der Waals surface area contributed by atoms with Crippen LogP contribution in [-0.2, 0) is 13.5 Å². The second kappa shape index (κ2) is 6.61. The van der Waals surface area contributed by atoms with Gasteiger partial charge in [-0.05, 0) is 24.1 Å². The first-order valence-corrected chi connectivity index (χ1v) is 8.77. The molecule has 3 heterocycles. The highest BCUT2D eigenvalue weighted by atomic mass is 35.5. The fourth-order valence-electron chi connectivity index (χ4n) is 2.91. The first kappa shape index (κ1) is 16.3. The quantitative estimate of drug-likeness (QED) is 0.657. The molecule has 0 unspecified atom stereocenters. The van der Waals surface area contributed by atoms with Gasteiger partial charge in [0.1, 0.15) is 5.82 Å². The minimum Gasteiger partial charge on any atom is -0.351 e. The lowest BCUT2D eigenvalue weighted by atomic mass is 10.1. The molecule has 1 aromatic carbocycles. The van der Waals surface area contributed by atoms with Gasteiger partial charge in [-0.1, -0.05) is 46.6 Å². The molecule has 0 bridgehead atoms. The molecular weight excluding hydrogens is 359 g/mol. The molecule has 4 rings (SSSR count). The number of rotatable bonds is 3. The van der Waals surface area contributed by atoms with E-state index in [9.17, 15) is 0 Å². The molecule has 0 aliphatic carbocycles. The molecule has 8 heteroatoms. The van der Waals surface area contributed by atoms with E-state index in [1.54, 1.807) is 10.7 Å². The number of benzene rings is 1. The lowest BCUT2D eigenvalue weighted by molar-refractivity contribution is 0.728. The van der Waals surface area contributed by atoms with Gasteiger partial charge >= 0.3 is 0 Å². The van der Waals surface area contributed by atoms with Crippen molar-refractivity contribution in [1.82, 2.24) is 25.0 Å². The molecule has 0 saturated carbocycles. The van der Waals surface area contributed by atoms with Crippen molar-refractivity contribution in [2.45, 2.75) is 12.8 Å². The first-order chi connectivity index (χ1) is 12.1. The van der Waals surface area contributed by atoms with Gasteiger partial charge in [-0.3, -0.25) is 0 Å². The summed E-state index contributed by atoms with van der Waals surface area (Å²) >= 11 is 12.3. The zero-order valence-corrected chi connectivity index (χ0v) is 15.2. The molecule has 6 nitrogen and oxygen atoms in total. The van der Waals surface area contributed by atoms with Crippen molar-refractivity contribution in [2.75, 3.05) is 18.0 Å². The number of hydrogen-bond acceptors (Lipinski definition) is 5. The van der Waals surface area contributed by atoms with Gasteiger partial charge < -0.3 is 4.90 Å². The monoisotopic (exact) mass is 374 g/mol. The third-order valence-corrected chi connectivity index (χ3v) is 4.79. The molecular formula is C17H16Cl2N6. The zero-order valence-electron chi connectivity index (χ0n) is 13.7. The molecule has 0 spiro atoms. The standard InChI is InChI=1S/C17H16Cl2N6/c1-24-16-15(22-23-24)17(25-7-3-2-4-8-25)21-14(20-16)9-11-5-6-12(18)10-13(11)19/h2-3,5-6,10H,4,7-9H2,1H3. The van der Waals surface area contributed by atoms with Crippen LogP contribution in [0.15, 0.2) is 30.4 Å². The topological polar surface area (TPSA) is 59.7 Å². The maximum atomic E-state index is 6.31. The van der Waals surface area contributed by atoms with Crippen LogP contribution in [-0.4, -0.2) is 38.1 Å². The van der Waals surface area contributed by atoms with Gasteiger partial charge in [0.25, 0.3) is 0 Å². The van der Waals surface area contributed by atoms with Gasteiger partial charge in [-0.25, -0.2) is 14.6 Å². The van der Waals surface area contributed by atoms with Crippen LogP contribution in [0.2, 0.25) is 10.0 Å². The van der Waals surface area contributed by atoms with E-state index in [0.29, 0.717) is 22.3 Å². The van der Waals surface area contributed by atoms with Gasteiger partial charge in [0, 0.05) is 36.6 Å². The van der Waals surface area contributed by atoms with E-state index in [-0.39, 0.29) is 0 Å². The van der Waals surface area contributed by atoms with E-state index in [2.05, 4.69) is 32.3 Å². The van der Waals surface area contributed by atoms with Crippen LogP contribution in [0.25, 0.3) is 11.2 Å². The lowest BCUT2D eigenvalue weighted by Crippen LogP contribution is -2.28. The Bertz CT molecular complexity index is 965. The Morgan fingerprint density at radius 1 is 1.16 bits per heavy atom. The van der Waals surface area contributed by atoms with E-state index in [1.165, 1.54) is 0 Å². The number of aryl methyl sites for hydroxylation is 1. The zero-order chi connectivity index (χ0) is 17.4. The van der Waals surface area contributed by atoms with E-state index in [1.807, 2.05) is 19.2 Å². The summed E-state index contributed by atoms with van der Waals surface area (Å²) in [6.45, 7) is 1.71. The van der Waals surface area contributed by atoms with E-state index in [0.717, 1.165) is 42.1 Å². The largest absolute Gasteiger partial charge is 0.351 e. The molecule has 3 aromatic rings. The second-order valence-electron chi connectivity index (χ2n) is 5.97. The lowest BCUT2D eigenvalue weighted by Gasteiger charge is -2.24. The van der Waals surface area contributed by atoms with Crippen LogP contribution in [0.3, 0.4) is 0 Å². The average molecular weight is 375 g/mol. The highest BCUT2D eigenvalue weighted by molar-refractivity contribution is 6.35. The Labute approximate surface area is 155 Å². The highest BCUT2D eigenvalue weighted by Gasteiger charge is 2.19. The van der Waals surface area contributed by atoms with Crippen molar-refractivity contribution in [1.29, 1.82) is 0 Å². The molecule has 0 amide bonds. The molecule has 0 radical (unpaired) electrons. The summed E-state index contributed by atoms with van der Waals surface area (Å²) in [5, 5.41) is 9.58. The summed E-state index contributed by atoms with van der Waals surface area (Å²) in [6.07, 6.45) is 5.83. The predicted octanol–water partition coefficient (Wildman–Crippen LogP) is 3.42. The Hall–Kier alpha value is -2.18. The molecule has 1 aliphatic heterocycles. The molecule has 1 aliphatic rings. The van der Waals surface area contributed by atoms with Crippen LogP contribution in [0.4, 0.5) is 5.82 Å². The van der Waals surface area contributed by atoms with Crippen molar-refractivity contribution in [3.05, 3.63) is 51.8 Å². The Balaban J connectivity index is 1.78. The van der Waals surface area contributed by atoms with E-state index >= 15 is 0 Å². The van der Waals surface area contributed by atoms with E-state index < -0.39 is 0 Å². The minimum atomic E-state index is 0.522. The van der Waals surface area contributed by atoms with Crippen LogP contribution >= 0.6 is 23.2 Å². The average Bonchev–Trinajstić information content (AvgIpc) is 2.99. The minimum absolute atomic E-state index is 0.522. The van der Waals surface area contributed by atoms with Crippen LogP contribution in [0, 0.1) is 0 Å². The van der Waals surface area contributed by atoms with Crippen LogP contribution in [0.5, 0.6) is 0 Å². The summed E-state index contributed by atoms with van der Waals surface area (Å²) in [5.74, 6) is 1.51. The molecule has 0 atom stereocenters. The van der Waals surface area contributed by atoms with Gasteiger partial charge in [-0.2, -0.15) is 0 Å². The first-order valence-electron chi connectivity index (χ1n) is 8.02. The fourth-order valence-corrected chi connectivity index (χ4v) is 3.39. The summed E-state index contributed by atoms with van der Waals surface area (Å²) in [6, 6.07) is 5.46. The number of aromatic nitrogens is 5. The summed E-state index contributed by atoms with van der Waals surface area (Å²) < 4.78 is 1.67. The Morgan fingerprint density at radius 3 is 2.80 bits per heavy atom. The molecule has 128 valence electrons. The normalized spacial score (nSPS) is 14.4. The molecule has 0 saturated heterocycles. The number of nitrogens with zero attached hydrogens (tertiary/aromatic N) is 6. The SMILES string of the molecule is Cn1nnc2c(N3CC=CCC3)nc(Cc3ccc(Cl)cc3Cl)nc21. The molecule has 2 aromatic heterocycles. The second-order valence-corrected chi connectivity index (χ2v) is 6.81. The maximum Gasteiger partial charge on any atom is 0.183 e. The van der Waals surface area contributed by atoms with Crippen LogP contribution < -0.4 is 4.90 Å². The Morgan fingerprint density at radius 2 is 2.04 bits per heavy atom. The highest BCUT2D eigenvalue weighted by Crippen LogP contribution is 2.26. The Kier molecular flexibility index (Phi) is 4.31. The third kappa shape index (κ3) is 3.19. The maximum absolute atomic E-state index is 6.31. The molecule has 25 heavy (non-hydrogen) atoms. The van der Waals surface area contributed by atoms with Gasteiger partial charge in [0.2, 0.25) is 0 Å². The van der Waals surface area contributed by atoms with Gasteiger partial charge in [0.05, 0.1) is 0 Å². The summed E-state index contributed by atoms with van der Waals surface area (Å²) in [7, 11) is 1.83. The van der Waals surface area contributed by atoms with Crippen molar-refractivity contribution >= 4 is 40.2 Å². The number of halogens is 2. The third-order valence-electron chi connectivity index (χ3n) is 4.20. The van der Waals surface area contributed by atoms with Crippen LogP contribution in [0.1, 0.15) is 17.8 Å². The van der Waals surface area contributed by atoms with E-state index in [4.69, 9.17) is 28.2 Å². The molecule has 0 fully saturated rings. The molecule has 0 N–H and O–H groups in total. The summed E-state index contributed by atoms with van der Waals surface area (Å²) in [5.41, 5.74) is 2.38. The smallest absolute Gasteiger partial charge is 0.183 e. The van der Waals surface area contributed by atoms with Gasteiger partial charge in [0.15, 0.2) is 17.0 Å². The fraction of sp³-hybridized carbons (Fsp3) is 0.294. The van der Waals surface area contributed by atoms with Crippen molar-refractivity contribution in [3.8, 4) is 0 Å². The van der Waals surface area contributed by atoms with Gasteiger partial charge in [-0.15, -0.1) is 5.10 Å². The number of fused-ring (bicyclic) bond motifs is 1. The number of anilines is 1.